The van der Waals surface area contributed by atoms with E-state index in [1.54, 1.807) is 0 Å². The molecule has 1 aliphatic heterocycles. The monoisotopic (exact) mass is 272 g/mol. The lowest BCUT2D eigenvalue weighted by molar-refractivity contribution is -0.687. The molecule has 0 unspecified atom stereocenters. The van der Waals surface area contributed by atoms with Gasteiger partial charge in [-0.3, -0.25) is 0 Å². The van der Waals surface area contributed by atoms with Crippen molar-refractivity contribution in [3.05, 3.63) is 78.0 Å². The first kappa shape index (κ1) is 12.3. The third kappa shape index (κ3) is 2.06. The minimum absolute atomic E-state index is 1.06. The zero-order chi connectivity index (χ0) is 14.2. The van der Waals surface area contributed by atoms with E-state index in [9.17, 15) is 0 Å². The van der Waals surface area contributed by atoms with E-state index in [0.717, 1.165) is 13.0 Å². The first-order valence-electron chi connectivity index (χ1n) is 7.51. The Labute approximate surface area is 125 Å². The van der Waals surface area contributed by atoms with Crippen molar-refractivity contribution in [2.24, 2.45) is 0 Å². The number of rotatable bonds is 1. The third-order valence-corrected chi connectivity index (χ3v) is 4.40. The molecule has 0 saturated heterocycles. The Morgan fingerprint density at radius 3 is 2.43 bits per heavy atom. The van der Waals surface area contributed by atoms with Crippen molar-refractivity contribution in [2.45, 2.75) is 19.9 Å². The van der Waals surface area contributed by atoms with Gasteiger partial charge in [-0.1, -0.05) is 42.5 Å². The third-order valence-electron chi connectivity index (χ3n) is 4.40. The highest BCUT2D eigenvalue weighted by Crippen LogP contribution is 2.28. The van der Waals surface area contributed by atoms with E-state index in [0.29, 0.717) is 0 Å². The summed E-state index contributed by atoms with van der Waals surface area (Å²) in [5.74, 6) is 0. The molecule has 0 N–H and O–H groups in total. The molecule has 2 aromatic carbocycles. The fourth-order valence-electron chi connectivity index (χ4n) is 3.26. The molecule has 0 fully saturated rings. The molecule has 0 amide bonds. The average molecular weight is 272 g/mol. The summed E-state index contributed by atoms with van der Waals surface area (Å²) >= 11 is 0. The van der Waals surface area contributed by atoms with Crippen LogP contribution >= 0.6 is 0 Å². The number of fused-ring (bicyclic) bond motifs is 3. The van der Waals surface area contributed by atoms with Crippen LogP contribution < -0.4 is 4.57 Å². The van der Waals surface area contributed by atoms with Gasteiger partial charge in [-0.25, -0.2) is 0 Å². The lowest BCUT2D eigenvalue weighted by Crippen LogP contribution is -2.40. The molecule has 1 aromatic heterocycles. The molecule has 4 rings (SSSR count). The van der Waals surface area contributed by atoms with Gasteiger partial charge in [0.15, 0.2) is 12.7 Å². The van der Waals surface area contributed by atoms with Crippen molar-refractivity contribution in [1.82, 2.24) is 0 Å². The number of aryl methyl sites for hydroxylation is 3. The van der Waals surface area contributed by atoms with E-state index in [4.69, 9.17) is 0 Å². The molecule has 21 heavy (non-hydrogen) atoms. The Morgan fingerprint density at radius 1 is 0.810 bits per heavy atom. The van der Waals surface area contributed by atoms with E-state index in [-0.39, 0.29) is 0 Å². The van der Waals surface area contributed by atoms with Crippen LogP contribution in [0.25, 0.3) is 22.4 Å². The van der Waals surface area contributed by atoms with Gasteiger partial charge < -0.3 is 0 Å². The molecule has 2 heterocycles. The van der Waals surface area contributed by atoms with Crippen molar-refractivity contribution in [3.63, 3.8) is 0 Å². The van der Waals surface area contributed by atoms with Gasteiger partial charge in [0.05, 0.1) is 0 Å². The molecule has 1 heteroatoms. The second-order valence-corrected chi connectivity index (χ2v) is 5.72. The average Bonchev–Trinajstić information content (AvgIpc) is 2.54. The highest BCUT2D eigenvalue weighted by atomic mass is 15.0. The number of hydrogen-bond acceptors (Lipinski definition) is 0. The van der Waals surface area contributed by atoms with Gasteiger partial charge in [-0.2, -0.15) is 4.57 Å². The van der Waals surface area contributed by atoms with Gasteiger partial charge in [-0.15, -0.1) is 0 Å². The maximum atomic E-state index is 2.39. The maximum absolute atomic E-state index is 2.39. The van der Waals surface area contributed by atoms with Crippen molar-refractivity contribution in [2.75, 3.05) is 0 Å². The van der Waals surface area contributed by atoms with Crippen LogP contribution in [0.5, 0.6) is 0 Å². The fraction of sp³-hybridized carbons (Fsp3) is 0.150. The molecular formula is C20H18N+. The van der Waals surface area contributed by atoms with Crippen LogP contribution in [0.2, 0.25) is 0 Å². The first-order chi connectivity index (χ1) is 10.3. The largest absolute Gasteiger partial charge is 0.212 e. The zero-order valence-electron chi connectivity index (χ0n) is 12.2. The highest BCUT2D eigenvalue weighted by Gasteiger charge is 2.22. The summed E-state index contributed by atoms with van der Waals surface area (Å²) in [4.78, 5) is 0. The standard InChI is InChI=1S/C20H18N/c1-15-6-2-4-8-18(15)17-10-11-20-19-9-5-3-7-16(19)12-13-21(20)14-17/h2-11,14H,12-13H2,1H3/q+1. The predicted molar refractivity (Wildman–Crippen MR) is 86.0 cm³/mol. The Morgan fingerprint density at radius 2 is 1.57 bits per heavy atom. The molecule has 3 aromatic rings. The van der Waals surface area contributed by atoms with Gasteiger partial charge in [0.2, 0.25) is 5.69 Å². The molecule has 0 bridgehead atoms. The lowest BCUT2D eigenvalue weighted by Gasteiger charge is -2.15. The van der Waals surface area contributed by atoms with Crippen LogP contribution in [0.15, 0.2) is 66.9 Å². The van der Waals surface area contributed by atoms with Gasteiger partial charge in [-0.05, 0) is 35.7 Å². The minimum atomic E-state index is 1.06. The van der Waals surface area contributed by atoms with Crippen LogP contribution in [0.1, 0.15) is 11.1 Å². The summed E-state index contributed by atoms with van der Waals surface area (Å²) in [7, 11) is 0. The summed E-state index contributed by atoms with van der Waals surface area (Å²) in [6, 6.07) is 21.8. The molecule has 0 atom stereocenters. The van der Waals surface area contributed by atoms with Crippen molar-refractivity contribution < 1.29 is 4.57 Å². The van der Waals surface area contributed by atoms with Crippen LogP contribution in [0, 0.1) is 6.92 Å². The van der Waals surface area contributed by atoms with Crippen LogP contribution in [0.3, 0.4) is 0 Å². The van der Waals surface area contributed by atoms with Crippen LogP contribution in [-0.4, -0.2) is 0 Å². The molecular weight excluding hydrogens is 254 g/mol. The Hall–Kier alpha value is -2.41. The van der Waals surface area contributed by atoms with E-state index in [1.807, 2.05) is 0 Å². The quantitative estimate of drug-likeness (QED) is 0.585. The summed E-state index contributed by atoms with van der Waals surface area (Å²) in [6.07, 6.45) is 3.42. The Bertz CT molecular complexity index is 818. The highest BCUT2D eigenvalue weighted by molar-refractivity contribution is 5.68. The number of hydrogen-bond donors (Lipinski definition) is 0. The Kier molecular flexibility index (Phi) is 2.85. The van der Waals surface area contributed by atoms with E-state index < -0.39 is 0 Å². The maximum Gasteiger partial charge on any atom is 0.212 e. The molecule has 1 aliphatic rings. The summed E-state index contributed by atoms with van der Waals surface area (Å²) < 4.78 is 2.39. The van der Waals surface area contributed by atoms with E-state index in [2.05, 4.69) is 78.4 Å². The molecule has 0 radical (unpaired) electrons. The predicted octanol–water partition coefficient (Wildman–Crippen LogP) is 4.17. The van der Waals surface area contributed by atoms with Crippen molar-refractivity contribution >= 4 is 0 Å². The summed E-state index contributed by atoms with van der Waals surface area (Å²) in [5.41, 5.74) is 8.12. The van der Waals surface area contributed by atoms with Crippen molar-refractivity contribution in [1.29, 1.82) is 0 Å². The number of aromatic nitrogens is 1. The first-order valence-corrected chi connectivity index (χ1v) is 7.51. The molecule has 102 valence electrons. The van der Waals surface area contributed by atoms with Crippen molar-refractivity contribution in [3.8, 4) is 22.4 Å². The minimum Gasteiger partial charge on any atom is -0.197 e. The Balaban J connectivity index is 1.86. The smallest absolute Gasteiger partial charge is 0.197 e. The summed E-state index contributed by atoms with van der Waals surface area (Å²) in [5, 5.41) is 0. The normalized spacial score (nSPS) is 12.6. The number of benzene rings is 2. The van der Waals surface area contributed by atoms with E-state index in [1.165, 1.54) is 33.5 Å². The molecule has 0 saturated carbocycles. The lowest BCUT2D eigenvalue weighted by atomic mass is 9.95. The van der Waals surface area contributed by atoms with Crippen LogP contribution in [0.4, 0.5) is 0 Å². The van der Waals surface area contributed by atoms with Gasteiger partial charge >= 0.3 is 0 Å². The fourth-order valence-corrected chi connectivity index (χ4v) is 3.26. The van der Waals surface area contributed by atoms with Crippen LogP contribution in [-0.2, 0) is 13.0 Å². The topological polar surface area (TPSA) is 3.88 Å². The van der Waals surface area contributed by atoms with Gasteiger partial charge in [0.1, 0.15) is 0 Å². The second kappa shape index (κ2) is 4.85. The SMILES string of the molecule is Cc1ccccc1-c1ccc2[n+](c1)CCc1ccccc1-2. The molecule has 1 nitrogen and oxygen atoms in total. The van der Waals surface area contributed by atoms with Gasteiger partial charge in [0, 0.05) is 23.6 Å². The number of pyridine rings is 1. The molecule has 0 aliphatic carbocycles. The molecule has 0 spiro atoms. The second-order valence-electron chi connectivity index (χ2n) is 5.72. The van der Waals surface area contributed by atoms with E-state index >= 15 is 0 Å². The number of nitrogens with zero attached hydrogens (tertiary/aromatic N) is 1. The zero-order valence-corrected chi connectivity index (χ0v) is 12.2. The van der Waals surface area contributed by atoms with Gasteiger partial charge in [0.25, 0.3) is 0 Å². The summed E-state index contributed by atoms with van der Waals surface area (Å²) in [6.45, 7) is 3.24.